The van der Waals surface area contributed by atoms with E-state index in [1.165, 1.54) is 5.56 Å². The Morgan fingerprint density at radius 2 is 2.04 bits per heavy atom. The zero-order valence-electron chi connectivity index (χ0n) is 16.9. The number of guanidine groups is 1. The smallest absolute Gasteiger partial charge is 0.214 e. The molecule has 1 saturated heterocycles. The van der Waals surface area contributed by atoms with Gasteiger partial charge < -0.3 is 19.8 Å². The molecule has 1 aliphatic carbocycles. The standard InChI is InChI=1S/C21H28N4O2.HI/c1-13-5-7-14(8-6-13)16-11-23-17(27-16)12-24-20(22-4)25-18-15-9-10-26-19(15)21(18,2)3;/h5-8,11,15,18-19H,9-10,12H2,1-4H3,(H2,22,24,25);1H. The Morgan fingerprint density at radius 1 is 1.29 bits per heavy atom. The van der Waals surface area contributed by atoms with Gasteiger partial charge in [-0.15, -0.1) is 24.0 Å². The average Bonchev–Trinajstić information content (AvgIpc) is 3.31. The Balaban J connectivity index is 0.00000225. The summed E-state index contributed by atoms with van der Waals surface area (Å²) >= 11 is 0. The van der Waals surface area contributed by atoms with Crippen LogP contribution < -0.4 is 10.6 Å². The highest BCUT2D eigenvalue weighted by Crippen LogP contribution is 2.52. The monoisotopic (exact) mass is 496 g/mol. The normalized spacial score (nSPS) is 25.4. The van der Waals surface area contributed by atoms with Gasteiger partial charge in [-0.25, -0.2) is 4.98 Å². The average molecular weight is 496 g/mol. The van der Waals surface area contributed by atoms with Crippen molar-refractivity contribution in [3.8, 4) is 11.3 Å². The predicted octanol–water partition coefficient (Wildman–Crippen LogP) is 3.75. The van der Waals surface area contributed by atoms with Crippen molar-refractivity contribution in [1.82, 2.24) is 15.6 Å². The lowest BCUT2D eigenvalue weighted by Gasteiger charge is -2.54. The first-order chi connectivity index (χ1) is 13.0. The van der Waals surface area contributed by atoms with Gasteiger partial charge in [-0.3, -0.25) is 4.99 Å². The maximum atomic E-state index is 5.88. The first kappa shape index (κ1) is 21.1. The number of nitrogens with one attached hydrogen (secondary N) is 2. The Labute approximate surface area is 183 Å². The van der Waals surface area contributed by atoms with Crippen LogP contribution in [0, 0.1) is 18.3 Å². The highest BCUT2D eigenvalue weighted by atomic mass is 127. The third kappa shape index (κ3) is 3.91. The maximum absolute atomic E-state index is 5.88. The number of fused-ring (bicyclic) bond motifs is 1. The number of benzene rings is 1. The molecule has 1 aromatic heterocycles. The van der Waals surface area contributed by atoms with Crippen LogP contribution in [0.4, 0.5) is 0 Å². The molecule has 2 aliphatic rings. The molecule has 6 nitrogen and oxygen atoms in total. The Bertz CT molecular complexity index is 831. The van der Waals surface area contributed by atoms with Crippen LogP contribution in [0.3, 0.4) is 0 Å². The SMILES string of the molecule is CN=C(NCc1ncc(-c2ccc(C)cc2)o1)NC1C2CCOC2C1(C)C.I. The summed E-state index contributed by atoms with van der Waals surface area (Å²) in [6, 6.07) is 8.60. The van der Waals surface area contributed by atoms with E-state index in [0.717, 1.165) is 30.3 Å². The lowest BCUT2D eigenvalue weighted by atomic mass is 9.57. The van der Waals surface area contributed by atoms with Crippen molar-refractivity contribution in [1.29, 1.82) is 0 Å². The number of oxazole rings is 1. The molecule has 1 saturated carbocycles. The molecule has 0 bridgehead atoms. The minimum atomic E-state index is 0. The number of nitrogens with zero attached hydrogens (tertiary/aromatic N) is 2. The molecular formula is C21H29IN4O2. The molecule has 3 atom stereocenters. The molecule has 0 amide bonds. The topological polar surface area (TPSA) is 71.7 Å². The molecule has 2 heterocycles. The van der Waals surface area contributed by atoms with Crippen LogP contribution in [0.15, 0.2) is 39.9 Å². The fraction of sp³-hybridized carbons (Fsp3) is 0.524. The van der Waals surface area contributed by atoms with E-state index in [1.54, 1.807) is 13.2 Å². The van der Waals surface area contributed by atoms with Gasteiger partial charge in [0, 0.05) is 36.6 Å². The van der Waals surface area contributed by atoms with Gasteiger partial charge in [0.2, 0.25) is 5.89 Å². The van der Waals surface area contributed by atoms with E-state index >= 15 is 0 Å². The van der Waals surface area contributed by atoms with Gasteiger partial charge in [0.15, 0.2) is 11.7 Å². The largest absolute Gasteiger partial charge is 0.439 e. The molecular weight excluding hydrogens is 467 g/mol. The van der Waals surface area contributed by atoms with Gasteiger partial charge >= 0.3 is 0 Å². The highest BCUT2D eigenvalue weighted by Gasteiger charge is 2.59. The second-order valence-corrected chi connectivity index (χ2v) is 8.10. The van der Waals surface area contributed by atoms with Gasteiger partial charge in [-0.05, 0) is 13.3 Å². The van der Waals surface area contributed by atoms with E-state index in [2.05, 4.69) is 53.5 Å². The zero-order chi connectivity index (χ0) is 19.0. The molecule has 2 N–H and O–H groups in total. The summed E-state index contributed by atoms with van der Waals surface area (Å²) in [5, 5.41) is 6.89. The molecule has 28 heavy (non-hydrogen) atoms. The van der Waals surface area contributed by atoms with Crippen LogP contribution in [0.2, 0.25) is 0 Å². The Kier molecular flexibility index (Phi) is 6.34. The predicted molar refractivity (Wildman–Crippen MR) is 121 cm³/mol. The molecule has 7 heteroatoms. The van der Waals surface area contributed by atoms with Gasteiger partial charge in [0.1, 0.15) is 0 Å². The first-order valence-electron chi connectivity index (χ1n) is 9.59. The summed E-state index contributed by atoms with van der Waals surface area (Å²) in [5.74, 6) is 2.76. The molecule has 3 unspecified atom stereocenters. The molecule has 2 fully saturated rings. The lowest BCUT2D eigenvalue weighted by molar-refractivity contribution is -0.106. The van der Waals surface area contributed by atoms with Crippen molar-refractivity contribution in [3.05, 3.63) is 41.9 Å². The summed E-state index contributed by atoms with van der Waals surface area (Å²) in [4.78, 5) is 8.75. The van der Waals surface area contributed by atoms with E-state index in [-0.39, 0.29) is 29.4 Å². The summed E-state index contributed by atoms with van der Waals surface area (Å²) in [7, 11) is 1.79. The van der Waals surface area contributed by atoms with Crippen LogP contribution in [0.25, 0.3) is 11.3 Å². The van der Waals surface area contributed by atoms with Gasteiger partial charge in [0.05, 0.1) is 18.8 Å². The number of aliphatic imine (C=N–C) groups is 1. The Morgan fingerprint density at radius 3 is 2.75 bits per heavy atom. The van der Waals surface area contributed by atoms with E-state index in [0.29, 0.717) is 30.5 Å². The molecule has 1 aliphatic heterocycles. The molecule has 4 rings (SSSR count). The highest BCUT2D eigenvalue weighted by molar-refractivity contribution is 14.0. The van der Waals surface area contributed by atoms with Crippen molar-refractivity contribution in [2.45, 2.75) is 45.9 Å². The van der Waals surface area contributed by atoms with Crippen molar-refractivity contribution >= 4 is 29.9 Å². The lowest BCUT2D eigenvalue weighted by Crippen LogP contribution is -2.67. The minimum absolute atomic E-state index is 0. The zero-order valence-corrected chi connectivity index (χ0v) is 19.2. The number of hydrogen-bond acceptors (Lipinski definition) is 4. The maximum Gasteiger partial charge on any atom is 0.214 e. The van der Waals surface area contributed by atoms with Crippen molar-refractivity contribution in [2.24, 2.45) is 16.3 Å². The van der Waals surface area contributed by atoms with Gasteiger partial charge in [-0.1, -0.05) is 43.7 Å². The molecule has 0 spiro atoms. The summed E-state index contributed by atoms with van der Waals surface area (Å²) in [5.41, 5.74) is 2.37. The van der Waals surface area contributed by atoms with Crippen LogP contribution >= 0.6 is 24.0 Å². The number of aromatic nitrogens is 1. The third-order valence-corrected chi connectivity index (χ3v) is 5.91. The van der Waals surface area contributed by atoms with E-state index in [9.17, 15) is 0 Å². The molecule has 0 radical (unpaired) electrons. The number of hydrogen-bond donors (Lipinski definition) is 2. The Hall–Kier alpha value is -1.61. The van der Waals surface area contributed by atoms with Crippen LogP contribution in [-0.4, -0.2) is 36.7 Å². The van der Waals surface area contributed by atoms with E-state index in [4.69, 9.17) is 9.15 Å². The van der Waals surface area contributed by atoms with Crippen LogP contribution in [0.5, 0.6) is 0 Å². The van der Waals surface area contributed by atoms with Gasteiger partial charge in [0.25, 0.3) is 0 Å². The van der Waals surface area contributed by atoms with Crippen LogP contribution in [-0.2, 0) is 11.3 Å². The summed E-state index contributed by atoms with van der Waals surface area (Å²) in [6.07, 6.45) is 3.24. The van der Waals surface area contributed by atoms with Crippen molar-refractivity contribution < 1.29 is 9.15 Å². The number of rotatable bonds is 4. The second-order valence-electron chi connectivity index (χ2n) is 8.10. The fourth-order valence-corrected chi connectivity index (χ4v) is 4.36. The minimum Gasteiger partial charge on any atom is -0.439 e. The third-order valence-electron chi connectivity index (χ3n) is 5.91. The number of aryl methyl sites for hydroxylation is 1. The van der Waals surface area contributed by atoms with Crippen LogP contribution in [0.1, 0.15) is 31.7 Å². The second kappa shape index (κ2) is 8.41. The van der Waals surface area contributed by atoms with E-state index in [1.807, 2.05) is 12.1 Å². The van der Waals surface area contributed by atoms with Gasteiger partial charge in [-0.2, -0.15) is 0 Å². The first-order valence-corrected chi connectivity index (χ1v) is 9.59. The quantitative estimate of drug-likeness (QED) is 0.384. The summed E-state index contributed by atoms with van der Waals surface area (Å²) < 4.78 is 11.8. The molecule has 2 aromatic rings. The number of halogens is 1. The fourth-order valence-electron chi connectivity index (χ4n) is 4.36. The van der Waals surface area contributed by atoms with E-state index < -0.39 is 0 Å². The summed E-state index contributed by atoms with van der Waals surface area (Å²) in [6.45, 7) is 7.94. The van der Waals surface area contributed by atoms with Crippen molar-refractivity contribution in [3.63, 3.8) is 0 Å². The molecule has 1 aromatic carbocycles. The van der Waals surface area contributed by atoms with Crippen molar-refractivity contribution in [2.75, 3.05) is 13.7 Å². The number of ether oxygens (including phenoxy) is 1. The molecule has 152 valence electrons.